The molecule has 30 heavy (non-hydrogen) atoms. The zero-order valence-electron chi connectivity index (χ0n) is 15.2. The Labute approximate surface area is 170 Å². The van der Waals surface area contributed by atoms with E-state index >= 15 is 0 Å². The predicted octanol–water partition coefficient (Wildman–Crippen LogP) is 4.31. The molecule has 3 rings (SSSR count). The molecule has 0 aliphatic rings. The van der Waals surface area contributed by atoms with Crippen molar-refractivity contribution in [3.8, 4) is 5.75 Å². The number of aromatic nitrogens is 1. The number of ether oxygens (including phenoxy) is 1. The summed E-state index contributed by atoms with van der Waals surface area (Å²) in [7, 11) is -4.95. The number of nitrogens with zero attached hydrogens (tertiary/aromatic N) is 2. The number of nitro benzene ring substituents is 1. The van der Waals surface area contributed by atoms with E-state index in [9.17, 15) is 27.3 Å². The smallest absolute Gasteiger partial charge is 0.341 e. The van der Waals surface area contributed by atoms with Crippen LogP contribution in [0.15, 0.2) is 71.9 Å². The molecule has 2 aromatic carbocycles. The summed E-state index contributed by atoms with van der Waals surface area (Å²) in [6.45, 7) is 0.262. The minimum absolute atomic E-state index is 0.0578. The standard InChI is InChI=1S/C19H15F2N3O5S/c20-19(21)30(27,28)16-6-7-17(18(10-16)24(25)26)23-14-4-1-5-15(9-14)29-12-13-3-2-8-22-11-13/h1-11,19,23H,12H2. The normalized spacial score (nSPS) is 11.3. The molecule has 0 aliphatic carbocycles. The fourth-order valence-corrected chi connectivity index (χ4v) is 3.26. The molecule has 0 fully saturated rings. The van der Waals surface area contributed by atoms with Crippen LogP contribution in [0, 0.1) is 10.1 Å². The van der Waals surface area contributed by atoms with Gasteiger partial charge in [-0.1, -0.05) is 12.1 Å². The van der Waals surface area contributed by atoms with Gasteiger partial charge in [-0.3, -0.25) is 15.1 Å². The summed E-state index contributed by atoms with van der Waals surface area (Å²) in [6.07, 6.45) is 3.29. The summed E-state index contributed by atoms with van der Waals surface area (Å²) in [5.41, 5.74) is 0.560. The van der Waals surface area contributed by atoms with E-state index in [4.69, 9.17) is 4.74 Å². The van der Waals surface area contributed by atoms with Crippen molar-refractivity contribution in [2.45, 2.75) is 17.3 Å². The van der Waals surface area contributed by atoms with Crippen LogP contribution in [0.4, 0.5) is 25.8 Å². The molecule has 0 bridgehead atoms. The van der Waals surface area contributed by atoms with E-state index in [1.165, 1.54) is 0 Å². The van der Waals surface area contributed by atoms with Crippen molar-refractivity contribution in [1.29, 1.82) is 0 Å². The Morgan fingerprint density at radius 1 is 1.13 bits per heavy atom. The van der Waals surface area contributed by atoms with Crippen LogP contribution in [0.5, 0.6) is 5.75 Å². The molecule has 0 atom stereocenters. The molecule has 8 nitrogen and oxygen atoms in total. The van der Waals surface area contributed by atoms with Gasteiger partial charge in [0, 0.05) is 35.8 Å². The van der Waals surface area contributed by atoms with Crippen molar-refractivity contribution < 1.29 is 26.9 Å². The van der Waals surface area contributed by atoms with E-state index in [0.29, 0.717) is 17.5 Å². The van der Waals surface area contributed by atoms with Crippen LogP contribution >= 0.6 is 0 Å². The largest absolute Gasteiger partial charge is 0.489 e. The Morgan fingerprint density at radius 3 is 2.60 bits per heavy atom. The second-order valence-corrected chi connectivity index (χ2v) is 7.96. The third-order valence-electron chi connectivity index (χ3n) is 3.97. The number of halogens is 2. The first-order valence-corrected chi connectivity index (χ1v) is 10.0. The minimum atomic E-state index is -4.95. The van der Waals surface area contributed by atoms with Gasteiger partial charge in [0.25, 0.3) is 5.69 Å². The lowest BCUT2D eigenvalue weighted by molar-refractivity contribution is -0.384. The molecule has 0 saturated heterocycles. The number of hydrogen-bond donors (Lipinski definition) is 1. The monoisotopic (exact) mass is 435 g/mol. The quantitative estimate of drug-likeness (QED) is 0.414. The number of benzene rings is 2. The first kappa shape index (κ1) is 21.1. The van der Waals surface area contributed by atoms with E-state index in [0.717, 1.165) is 17.7 Å². The molecule has 0 amide bonds. The third-order valence-corrected chi connectivity index (χ3v) is 5.35. The number of hydrogen-bond acceptors (Lipinski definition) is 7. The predicted molar refractivity (Wildman–Crippen MR) is 105 cm³/mol. The lowest BCUT2D eigenvalue weighted by Gasteiger charge is -2.11. The van der Waals surface area contributed by atoms with Gasteiger partial charge in [0.15, 0.2) is 0 Å². The summed E-state index contributed by atoms with van der Waals surface area (Å²) in [4.78, 5) is 13.6. The van der Waals surface area contributed by atoms with Gasteiger partial charge in [-0.2, -0.15) is 8.78 Å². The molecule has 0 saturated carbocycles. The minimum Gasteiger partial charge on any atom is -0.489 e. The second kappa shape index (κ2) is 8.82. The van der Waals surface area contributed by atoms with Gasteiger partial charge in [0.1, 0.15) is 18.0 Å². The van der Waals surface area contributed by atoms with E-state index in [2.05, 4.69) is 10.3 Å². The maximum absolute atomic E-state index is 12.7. The van der Waals surface area contributed by atoms with Crippen molar-refractivity contribution >= 4 is 26.9 Å². The van der Waals surface area contributed by atoms with Gasteiger partial charge >= 0.3 is 5.76 Å². The zero-order valence-corrected chi connectivity index (χ0v) is 16.1. The summed E-state index contributed by atoms with van der Waals surface area (Å²) < 4.78 is 54.3. The lowest BCUT2D eigenvalue weighted by atomic mass is 10.2. The van der Waals surface area contributed by atoms with Gasteiger partial charge in [-0.05, 0) is 30.3 Å². The first-order valence-electron chi connectivity index (χ1n) is 8.46. The van der Waals surface area contributed by atoms with Gasteiger partial charge in [0.05, 0.1) is 9.82 Å². The topological polar surface area (TPSA) is 111 Å². The van der Waals surface area contributed by atoms with E-state index in [1.807, 2.05) is 6.07 Å². The molecule has 1 aromatic heterocycles. The molecule has 156 valence electrons. The summed E-state index contributed by atoms with van der Waals surface area (Å²) >= 11 is 0. The Balaban J connectivity index is 1.83. The molecule has 0 spiro atoms. The first-order chi connectivity index (χ1) is 14.3. The van der Waals surface area contributed by atoms with Gasteiger partial charge in [-0.15, -0.1) is 0 Å². The number of nitrogens with one attached hydrogen (secondary N) is 1. The molecular weight excluding hydrogens is 420 g/mol. The highest BCUT2D eigenvalue weighted by Gasteiger charge is 2.29. The fraction of sp³-hybridized carbons (Fsp3) is 0.105. The van der Waals surface area contributed by atoms with Crippen LogP contribution in [0.25, 0.3) is 0 Å². The molecule has 3 aromatic rings. The van der Waals surface area contributed by atoms with Crippen molar-refractivity contribution in [3.05, 3.63) is 82.7 Å². The van der Waals surface area contributed by atoms with Crippen molar-refractivity contribution in [2.75, 3.05) is 5.32 Å². The number of anilines is 2. The highest BCUT2D eigenvalue weighted by atomic mass is 32.2. The molecule has 1 heterocycles. The van der Waals surface area contributed by atoms with Crippen molar-refractivity contribution in [2.24, 2.45) is 0 Å². The highest BCUT2D eigenvalue weighted by molar-refractivity contribution is 7.91. The fourth-order valence-electron chi connectivity index (χ4n) is 2.52. The van der Waals surface area contributed by atoms with Crippen LogP contribution in [-0.4, -0.2) is 24.1 Å². The molecular formula is C19H15F2N3O5S. The van der Waals surface area contributed by atoms with Crippen LogP contribution in [0.1, 0.15) is 5.56 Å². The van der Waals surface area contributed by atoms with Gasteiger partial charge in [-0.25, -0.2) is 8.42 Å². The van der Waals surface area contributed by atoms with Crippen LogP contribution in [0.3, 0.4) is 0 Å². The van der Waals surface area contributed by atoms with Crippen LogP contribution in [0.2, 0.25) is 0 Å². The van der Waals surface area contributed by atoms with Crippen LogP contribution in [-0.2, 0) is 16.4 Å². The Bertz CT molecular complexity index is 1160. The molecule has 0 radical (unpaired) electrons. The maximum atomic E-state index is 12.7. The number of nitro groups is 1. The van der Waals surface area contributed by atoms with Crippen molar-refractivity contribution in [1.82, 2.24) is 4.98 Å². The average molecular weight is 435 g/mol. The Hall–Kier alpha value is -3.60. The molecule has 0 unspecified atom stereocenters. The van der Waals surface area contributed by atoms with E-state index in [1.54, 1.807) is 42.7 Å². The SMILES string of the molecule is O=[N+]([O-])c1cc(S(=O)(=O)C(F)F)ccc1Nc1cccc(OCc2cccnc2)c1. The number of sulfone groups is 1. The van der Waals surface area contributed by atoms with Crippen LogP contribution < -0.4 is 10.1 Å². The summed E-state index contributed by atoms with van der Waals surface area (Å²) in [5.74, 6) is -3.20. The van der Waals surface area contributed by atoms with E-state index < -0.39 is 31.1 Å². The third kappa shape index (κ3) is 4.87. The summed E-state index contributed by atoms with van der Waals surface area (Å²) in [5, 5.41) is 14.1. The lowest BCUT2D eigenvalue weighted by Crippen LogP contribution is -2.12. The highest BCUT2D eigenvalue weighted by Crippen LogP contribution is 2.32. The second-order valence-electron chi connectivity index (χ2n) is 6.04. The molecule has 1 N–H and O–H groups in total. The van der Waals surface area contributed by atoms with E-state index in [-0.39, 0.29) is 12.3 Å². The average Bonchev–Trinajstić information content (AvgIpc) is 2.73. The van der Waals surface area contributed by atoms with Gasteiger partial charge in [0.2, 0.25) is 9.84 Å². The van der Waals surface area contributed by atoms with Crippen molar-refractivity contribution in [3.63, 3.8) is 0 Å². The number of alkyl halides is 2. The number of pyridine rings is 1. The molecule has 0 aliphatic heterocycles. The maximum Gasteiger partial charge on any atom is 0.341 e. The van der Waals surface area contributed by atoms with Gasteiger partial charge < -0.3 is 10.1 Å². The Morgan fingerprint density at radius 2 is 1.93 bits per heavy atom. The summed E-state index contributed by atoms with van der Waals surface area (Å²) in [6, 6.07) is 12.7. The Kier molecular flexibility index (Phi) is 6.21. The molecule has 11 heteroatoms. The zero-order chi connectivity index (χ0) is 21.7. The number of rotatable bonds is 8.